The summed E-state index contributed by atoms with van der Waals surface area (Å²) in [5, 5.41) is 5.64. The molecule has 1 aromatic rings. The van der Waals surface area contributed by atoms with Crippen molar-refractivity contribution in [1.82, 2.24) is 15.5 Å². The van der Waals surface area contributed by atoms with Crippen LogP contribution in [0.1, 0.15) is 116 Å². The second kappa shape index (κ2) is 18.3. The molecule has 4 amide bonds. The van der Waals surface area contributed by atoms with Crippen molar-refractivity contribution in [3.63, 3.8) is 0 Å². The van der Waals surface area contributed by atoms with Gasteiger partial charge in [0.2, 0.25) is 17.7 Å². The number of primary amides is 1. The Balaban J connectivity index is 3.43. The van der Waals surface area contributed by atoms with Crippen LogP contribution in [-0.4, -0.2) is 53.4 Å². The number of unbranched alkanes of at least 4 members (excludes halogenated alkanes) is 6. The number of hydrogen-bond acceptors (Lipinski definition) is 5. The van der Waals surface area contributed by atoms with Crippen LogP contribution in [0.4, 0.5) is 4.79 Å². The van der Waals surface area contributed by atoms with E-state index < -0.39 is 35.6 Å². The van der Waals surface area contributed by atoms with Gasteiger partial charge >= 0.3 is 6.09 Å². The van der Waals surface area contributed by atoms with E-state index in [9.17, 15) is 19.2 Å². The number of carbonyl (C=O) groups excluding carboxylic acids is 4. The van der Waals surface area contributed by atoms with E-state index in [4.69, 9.17) is 10.5 Å². The number of ether oxygens (including phenoxy) is 1. The van der Waals surface area contributed by atoms with Crippen molar-refractivity contribution in [2.45, 2.75) is 123 Å². The smallest absolute Gasteiger partial charge is 0.408 e. The summed E-state index contributed by atoms with van der Waals surface area (Å²) in [6, 6.07) is 5.58. The Hall–Kier alpha value is -3.10. The van der Waals surface area contributed by atoms with Crippen LogP contribution < -0.4 is 16.4 Å². The van der Waals surface area contributed by atoms with Crippen LogP contribution in [-0.2, 0) is 19.1 Å². The van der Waals surface area contributed by atoms with Gasteiger partial charge in [0.15, 0.2) is 0 Å². The molecule has 0 saturated carbocycles. The Morgan fingerprint density at radius 3 is 2.23 bits per heavy atom. The lowest BCUT2D eigenvalue weighted by Crippen LogP contribution is -2.53. The number of nitrogens with two attached hydrogens (primary N) is 1. The summed E-state index contributed by atoms with van der Waals surface area (Å²) in [6.45, 7) is 12.2. The van der Waals surface area contributed by atoms with Crippen molar-refractivity contribution in [2.75, 3.05) is 13.1 Å². The van der Waals surface area contributed by atoms with Crippen LogP contribution in [0.5, 0.6) is 0 Å². The van der Waals surface area contributed by atoms with E-state index in [1.54, 1.807) is 25.7 Å². The average Bonchev–Trinajstić information content (AvgIpc) is 2.86. The molecule has 0 radical (unpaired) electrons. The van der Waals surface area contributed by atoms with Gasteiger partial charge in [-0.25, -0.2) is 4.79 Å². The number of nitrogens with zero attached hydrogens (tertiary/aromatic N) is 1. The number of benzene rings is 1. The van der Waals surface area contributed by atoms with Crippen molar-refractivity contribution >= 4 is 23.8 Å². The number of hydrogen-bond donors (Lipinski definition) is 3. The Bertz CT molecular complexity index is 944. The first-order chi connectivity index (χ1) is 18.9. The predicted octanol–water partition coefficient (Wildman–Crippen LogP) is 5.30. The topological polar surface area (TPSA) is 131 Å². The first-order valence-corrected chi connectivity index (χ1v) is 14.8. The van der Waals surface area contributed by atoms with Crippen LogP contribution in [0, 0.1) is 6.92 Å². The molecule has 1 aromatic carbocycles. The maximum absolute atomic E-state index is 14.2. The molecular weight excluding hydrogens is 508 g/mol. The average molecular weight is 561 g/mol. The van der Waals surface area contributed by atoms with Crippen molar-refractivity contribution in [1.29, 1.82) is 0 Å². The van der Waals surface area contributed by atoms with E-state index in [1.807, 2.05) is 38.1 Å². The van der Waals surface area contributed by atoms with Gasteiger partial charge in [-0.3, -0.25) is 14.4 Å². The molecule has 9 nitrogen and oxygen atoms in total. The van der Waals surface area contributed by atoms with Gasteiger partial charge in [0.1, 0.15) is 17.7 Å². The van der Waals surface area contributed by atoms with Crippen molar-refractivity contribution in [2.24, 2.45) is 5.73 Å². The van der Waals surface area contributed by atoms with E-state index in [1.165, 1.54) is 0 Å². The third-order valence-corrected chi connectivity index (χ3v) is 6.45. The van der Waals surface area contributed by atoms with Gasteiger partial charge in [-0.05, 0) is 52.5 Å². The summed E-state index contributed by atoms with van der Waals surface area (Å²) in [7, 11) is 0. The van der Waals surface area contributed by atoms with E-state index >= 15 is 0 Å². The fourth-order valence-corrected chi connectivity index (χ4v) is 4.42. The molecule has 0 heterocycles. The highest BCUT2D eigenvalue weighted by Gasteiger charge is 2.36. The van der Waals surface area contributed by atoms with Crippen LogP contribution in [0.3, 0.4) is 0 Å². The van der Waals surface area contributed by atoms with Crippen molar-refractivity contribution in [3.05, 3.63) is 35.4 Å². The molecule has 0 aliphatic heterocycles. The van der Waals surface area contributed by atoms with Gasteiger partial charge in [0.25, 0.3) is 0 Å². The molecule has 0 spiro atoms. The zero-order chi connectivity index (χ0) is 30.1. The summed E-state index contributed by atoms with van der Waals surface area (Å²) in [6.07, 6.45) is 6.92. The minimum atomic E-state index is -1.09. The standard InChI is InChI=1S/C31H52N4O5/c1-7-9-11-12-13-14-21-35(27(28(37)33-20-10-8-2)24-17-15-16-23(3)22-24)29(38)25(18-19-26(32)36)34-30(39)40-31(4,5)6/h15-17,22,25,27H,7-14,18-21H2,1-6H3,(H2,32,36)(H,33,37)(H,34,39). The molecule has 2 unspecified atom stereocenters. The third-order valence-electron chi connectivity index (χ3n) is 6.45. The van der Waals surface area contributed by atoms with Crippen LogP contribution >= 0.6 is 0 Å². The molecule has 0 bridgehead atoms. The molecule has 0 saturated heterocycles. The monoisotopic (exact) mass is 560 g/mol. The van der Waals surface area contributed by atoms with Crippen molar-refractivity contribution < 1.29 is 23.9 Å². The van der Waals surface area contributed by atoms with E-state index in [0.29, 0.717) is 25.1 Å². The molecule has 226 valence electrons. The fourth-order valence-electron chi connectivity index (χ4n) is 4.42. The van der Waals surface area contributed by atoms with Gasteiger partial charge in [-0.1, -0.05) is 82.2 Å². The number of rotatable bonds is 18. The number of amides is 4. The molecule has 40 heavy (non-hydrogen) atoms. The lowest BCUT2D eigenvalue weighted by Gasteiger charge is -2.34. The van der Waals surface area contributed by atoms with E-state index in [0.717, 1.165) is 50.5 Å². The van der Waals surface area contributed by atoms with Gasteiger partial charge < -0.3 is 26.0 Å². The largest absolute Gasteiger partial charge is 0.444 e. The number of carbonyl (C=O) groups is 4. The normalized spacial score (nSPS) is 12.8. The summed E-state index contributed by atoms with van der Waals surface area (Å²) in [4.78, 5) is 53.7. The summed E-state index contributed by atoms with van der Waals surface area (Å²) in [5.74, 6) is -1.30. The maximum atomic E-state index is 14.2. The molecule has 4 N–H and O–H groups in total. The van der Waals surface area contributed by atoms with Crippen LogP contribution in [0.25, 0.3) is 0 Å². The molecule has 9 heteroatoms. The molecule has 1 rings (SSSR count). The Labute approximate surface area is 241 Å². The zero-order valence-electron chi connectivity index (χ0n) is 25.5. The molecular formula is C31H52N4O5. The first kappa shape index (κ1) is 34.9. The van der Waals surface area contributed by atoms with Gasteiger partial charge in [0.05, 0.1) is 0 Å². The Kier molecular flexibility index (Phi) is 16.0. The van der Waals surface area contributed by atoms with Gasteiger partial charge in [0, 0.05) is 19.5 Å². The SMILES string of the molecule is CCCCCCCCN(C(=O)C(CCC(N)=O)NC(=O)OC(C)(C)C)C(C(=O)NCCCC)c1cccc(C)c1. The van der Waals surface area contributed by atoms with Crippen LogP contribution in [0.15, 0.2) is 24.3 Å². The number of aryl methyl sites for hydroxylation is 1. The molecule has 0 aromatic heterocycles. The van der Waals surface area contributed by atoms with Gasteiger partial charge in [-0.15, -0.1) is 0 Å². The Morgan fingerprint density at radius 1 is 0.975 bits per heavy atom. The highest BCUT2D eigenvalue weighted by atomic mass is 16.6. The summed E-state index contributed by atoms with van der Waals surface area (Å²) < 4.78 is 5.40. The second-order valence-corrected chi connectivity index (χ2v) is 11.5. The molecule has 2 atom stereocenters. The quantitative estimate of drug-likeness (QED) is 0.210. The lowest BCUT2D eigenvalue weighted by molar-refractivity contribution is -0.142. The summed E-state index contributed by atoms with van der Waals surface area (Å²) >= 11 is 0. The van der Waals surface area contributed by atoms with Crippen molar-refractivity contribution in [3.8, 4) is 0 Å². The molecule has 0 aliphatic rings. The minimum absolute atomic E-state index is 0.00159. The van der Waals surface area contributed by atoms with E-state index in [2.05, 4.69) is 17.6 Å². The fraction of sp³-hybridized carbons (Fsp3) is 0.677. The zero-order valence-corrected chi connectivity index (χ0v) is 25.5. The summed E-state index contributed by atoms with van der Waals surface area (Å²) in [5.41, 5.74) is 6.28. The van der Waals surface area contributed by atoms with Gasteiger partial charge in [-0.2, -0.15) is 0 Å². The number of nitrogens with one attached hydrogen (secondary N) is 2. The maximum Gasteiger partial charge on any atom is 0.408 e. The highest BCUT2D eigenvalue weighted by molar-refractivity contribution is 5.92. The third kappa shape index (κ3) is 13.8. The first-order valence-electron chi connectivity index (χ1n) is 14.8. The number of alkyl carbamates (subject to hydrolysis) is 1. The predicted molar refractivity (Wildman–Crippen MR) is 159 cm³/mol. The highest BCUT2D eigenvalue weighted by Crippen LogP contribution is 2.25. The molecule has 0 fully saturated rings. The minimum Gasteiger partial charge on any atom is -0.444 e. The Morgan fingerprint density at radius 2 is 1.62 bits per heavy atom. The lowest BCUT2D eigenvalue weighted by atomic mass is 9.99. The second-order valence-electron chi connectivity index (χ2n) is 11.5. The molecule has 0 aliphatic carbocycles. The van der Waals surface area contributed by atoms with Crippen LogP contribution in [0.2, 0.25) is 0 Å². The van der Waals surface area contributed by atoms with E-state index in [-0.39, 0.29) is 18.7 Å².